The van der Waals surface area contributed by atoms with Crippen molar-refractivity contribution < 1.29 is 13.9 Å². The van der Waals surface area contributed by atoms with Crippen LogP contribution in [0.1, 0.15) is 48.0 Å². The van der Waals surface area contributed by atoms with Gasteiger partial charge >= 0.3 is 5.97 Å². The summed E-state index contributed by atoms with van der Waals surface area (Å²) in [7, 11) is 0. The van der Waals surface area contributed by atoms with Gasteiger partial charge in [-0.05, 0) is 56.4 Å². The number of carbonyl (C=O) groups is 1. The van der Waals surface area contributed by atoms with Crippen molar-refractivity contribution in [2.75, 3.05) is 6.61 Å². The fraction of sp³-hybridized carbons (Fsp3) is 0.400. The van der Waals surface area contributed by atoms with Crippen molar-refractivity contribution in [2.24, 2.45) is 5.92 Å². The number of esters is 1. The van der Waals surface area contributed by atoms with Gasteiger partial charge in [0.05, 0.1) is 23.6 Å². The van der Waals surface area contributed by atoms with Gasteiger partial charge in [-0.15, -0.1) is 0 Å². The fourth-order valence-electron chi connectivity index (χ4n) is 2.72. The van der Waals surface area contributed by atoms with Crippen LogP contribution in [0.4, 0.5) is 4.39 Å². The Morgan fingerprint density at radius 2 is 1.96 bits per heavy atom. The molecule has 1 aromatic heterocycles. The van der Waals surface area contributed by atoms with Crippen LogP contribution >= 0.6 is 0 Å². The van der Waals surface area contributed by atoms with Crippen molar-refractivity contribution in [3.63, 3.8) is 0 Å². The second-order valence-electron chi connectivity index (χ2n) is 6.41. The van der Waals surface area contributed by atoms with Crippen molar-refractivity contribution in [1.29, 1.82) is 0 Å². The van der Waals surface area contributed by atoms with Crippen LogP contribution in [0, 0.1) is 25.6 Å². The summed E-state index contributed by atoms with van der Waals surface area (Å²) in [6.45, 7) is 9.82. The number of ether oxygens (including phenoxy) is 1. The highest BCUT2D eigenvalue weighted by Gasteiger charge is 2.19. The zero-order valence-electron chi connectivity index (χ0n) is 14.9. The van der Waals surface area contributed by atoms with Gasteiger partial charge in [0.2, 0.25) is 0 Å². The Hall–Kier alpha value is -2.23. The normalized spacial score (nSPS) is 11.0. The highest BCUT2D eigenvalue weighted by Crippen LogP contribution is 2.26. The molecule has 0 saturated carbocycles. The van der Waals surface area contributed by atoms with E-state index < -0.39 is 0 Å². The van der Waals surface area contributed by atoms with Gasteiger partial charge in [0, 0.05) is 5.56 Å². The minimum atomic E-state index is -0.347. The maximum atomic E-state index is 13.9. The molecule has 128 valence electrons. The van der Waals surface area contributed by atoms with E-state index in [9.17, 15) is 9.18 Å². The van der Waals surface area contributed by atoms with Gasteiger partial charge in [-0.1, -0.05) is 26.0 Å². The Kier molecular flexibility index (Phi) is 5.71. The molecular weight excluding hydrogens is 305 g/mol. The second-order valence-corrected chi connectivity index (χ2v) is 6.41. The Labute approximate surface area is 142 Å². The molecule has 0 spiro atoms. The fourth-order valence-corrected chi connectivity index (χ4v) is 2.72. The van der Waals surface area contributed by atoms with E-state index in [1.54, 1.807) is 26.8 Å². The van der Waals surface area contributed by atoms with Gasteiger partial charge in [-0.2, -0.15) is 0 Å². The quantitative estimate of drug-likeness (QED) is 0.734. The molecule has 0 radical (unpaired) electrons. The first-order chi connectivity index (χ1) is 11.3. The van der Waals surface area contributed by atoms with E-state index in [1.165, 1.54) is 6.07 Å². The molecule has 24 heavy (non-hydrogen) atoms. The lowest BCUT2D eigenvalue weighted by atomic mass is 9.95. The molecule has 0 atom stereocenters. The zero-order chi connectivity index (χ0) is 17.9. The van der Waals surface area contributed by atoms with E-state index in [4.69, 9.17) is 4.74 Å². The molecule has 0 N–H and O–H groups in total. The van der Waals surface area contributed by atoms with E-state index in [0.717, 1.165) is 12.0 Å². The van der Waals surface area contributed by atoms with Crippen molar-refractivity contribution in [3.8, 4) is 11.3 Å². The zero-order valence-corrected chi connectivity index (χ0v) is 14.9. The van der Waals surface area contributed by atoms with Crippen LogP contribution in [-0.2, 0) is 11.2 Å². The molecule has 0 aliphatic heterocycles. The van der Waals surface area contributed by atoms with Crippen LogP contribution in [-0.4, -0.2) is 17.6 Å². The molecule has 2 aromatic rings. The van der Waals surface area contributed by atoms with E-state index in [0.29, 0.717) is 40.6 Å². The third-order valence-electron chi connectivity index (χ3n) is 3.86. The maximum Gasteiger partial charge on any atom is 0.340 e. The Balaban J connectivity index is 2.57. The number of benzene rings is 1. The standard InChI is InChI=1S/C20H24FNO2/c1-6-24-20(23)19-14(5)22-18(11-16(19)9-12(2)3)15-8-7-13(4)17(21)10-15/h7-8,10-12H,6,9H2,1-5H3. The van der Waals surface area contributed by atoms with Crippen molar-refractivity contribution in [3.05, 3.63) is 52.5 Å². The molecule has 4 heteroatoms. The molecule has 0 amide bonds. The smallest absolute Gasteiger partial charge is 0.340 e. The predicted octanol–water partition coefficient (Wildman–Crippen LogP) is 4.88. The number of aromatic nitrogens is 1. The first kappa shape index (κ1) is 18.1. The lowest BCUT2D eigenvalue weighted by Gasteiger charge is -2.15. The van der Waals surface area contributed by atoms with Gasteiger partial charge in [0.15, 0.2) is 0 Å². The summed E-state index contributed by atoms with van der Waals surface area (Å²) in [6.07, 6.45) is 0.735. The van der Waals surface area contributed by atoms with Crippen LogP contribution in [0.2, 0.25) is 0 Å². The molecule has 1 heterocycles. The lowest BCUT2D eigenvalue weighted by Crippen LogP contribution is -2.13. The summed E-state index contributed by atoms with van der Waals surface area (Å²) >= 11 is 0. The van der Waals surface area contributed by atoms with Crippen LogP contribution in [0.5, 0.6) is 0 Å². The number of hydrogen-bond donors (Lipinski definition) is 0. The Bertz CT molecular complexity index is 754. The van der Waals surface area contributed by atoms with Crippen LogP contribution in [0.15, 0.2) is 24.3 Å². The first-order valence-corrected chi connectivity index (χ1v) is 8.27. The summed E-state index contributed by atoms with van der Waals surface area (Å²) in [6, 6.07) is 6.95. The molecule has 0 bridgehead atoms. The molecular formula is C20H24FNO2. The van der Waals surface area contributed by atoms with Crippen molar-refractivity contribution in [2.45, 2.75) is 41.0 Å². The minimum absolute atomic E-state index is 0.258. The van der Waals surface area contributed by atoms with E-state index in [-0.39, 0.29) is 11.8 Å². The van der Waals surface area contributed by atoms with Crippen molar-refractivity contribution in [1.82, 2.24) is 4.98 Å². The summed E-state index contributed by atoms with van der Waals surface area (Å²) in [4.78, 5) is 16.8. The predicted molar refractivity (Wildman–Crippen MR) is 93.6 cm³/mol. The number of rotatable bonds is 5. The SMILES string of the molecule is CCOC(=O)c1c(CC(C)C)cc(-c2ccc(C)c(F)c2)nc1C. The Morgan fingerprint density at radius 1 is 1.25 bits per heavy atom. The average Bonchev–Trinajstić information content (AvgIpc) is 2.49. The molecule has 3 nitrogen and oxygen atoms in total. The van der Waals surface area contributed by atoms with Crippen molar-refractivity contribution >= 4 is 5.97 Å². The topological polar surface area (TPSA) is 39.2 Å². The van der Waals surface area contributed by atoms with Gasteiger partial charge in [-0.3, -0.25) is 4.98 Å². The molecule has 0 aliphatic carbocycles. The van der Waals surface area contributed by atoms with Crippen LogP contribution in [0.3, 0.4) is 0 Å². The largest absolute Gasteiger partial charge is 0.462 e. The van der Waals surface area contributed by atoms with E-state index >= 15 is 0 Å². The van der Waals surface area contributed by atoms with Crippen LogP contribution < -0.4 is 0 Å². The summed E-state index contributed by atoms with van der Waals surface area (Å²) < 4.78 is 19.1. The second kappa shape index (κ2) is 7.56. The van der Waals surface area contributed by atoms with E-state index in [2.05, 4.69) is 18.8 Å². The average molecular weight is 329 g/mol. The molecule has 2 rings (SSSR count). The monoisotopic (exact) mass is 329 g/mol. The maximum absolute atomic E-state index is 13.9. The summed E-state index contributed by atoms with van der Waals surface area (Å²) in [5, 5.41) is 0. The number of nitrogens with zero attached hydrogens (tertiary/aromatic N) is 1. The number of aryl methyl sites for hydroxylation is 2. The van der Waals surface area contributed by atoms with Gasteiger partial charge in [-0.25, -0.2) is 9.18 Å². The Morgan fingerprint density at radius 3 is 2.54 bits per heavy atom. The van der Waals surface area contributed by atoms with Crippen LogP contribution in [0.25, 0.3) is 11.3 Å². The number of carbonyl (C=O) groups excluding carboxylic acids is 1. The molecule has 0 aliphatic rings. The minimum Gasteiger partial charge on any atom is -0.462 e. The summed E-state index contributed by atoms with van der Waals surface area (Å²) in [5.74, 6) is -0.228. The number of hydrogen-bond acceptors (Lipinski definition) is 3. The van der Waals surface area contributed by atoms with Gasteiger partial charge in [0.1, 0.15) is 5.82 Å². The number of pyridine rings is 1. The first-order valence-electron chi connectivity index (χ1n) is 8.27. The summed E-state index contributed by atoms with van der Waals surface area (Å²) in [5.41, 5.74) is 4.02. The van der Waals surface area contributed by atoms with Gasteiger partial charge < -0.3 is 4.74 Å². The lowest BCUT2D eigenvalue weighted by molar-refractivity contribution is 0.0523. The molecule has 0 fully saturated rings. The highest BCUT2D eigenvalue weighted by atomic mass is 19.1. The number of halogens is 1. The van der Waals surface area contributed by atoms with E-state index in [1.807, 2.05) is 12.1 Å². The highest BCUT2D eigenvalue weighted by molar-refractivity contribution is 5.92. The molecule has 0 saturated heterocycles. The molecule has 0 unspecified atom stereocenters. The third-order valence-corrected chi connectivity index (χ3v) is 3.86. The third kappa shape index (κ3) is 3.99. The molecule has 1 aromatic carbocycles. The van der Waals surface area contributed by atoms with Gasteiger partial charge in [0.25, 0.3) is 0 Å².